The third-order valence-electron chi connectivity index (χ3n) is 4.74. The molecule has 0 aromatic heterocycles. The fraction of sp³-hybridized carbons (Fsp3) is 0.632. The van der Waals surface area contributed by atoms with Crippen molar-refractivity contribution < 1.29 is 9.13 Å². The van der Waals surface area contributed by atoms with Crippen LogP contribution in [0.4, 0.5) is 4.39 Å². The monoisotopic (exact) mass is 303 g/mol. The van der Waals surface area contributed by atoms with E-state index in [0.29, 0.717) is 12.2 Å². The van der Waals surface area contributed by atoms with E-state index in [2.05, 4.69) is 6.92 Å². The van der Waals surface area contributed by atoms with Gasteiger partial charge in [0.2, 0.25) is 0 Å². The van der Waals surface area contributed by atoms with Gasteiger partial charge in [-0.05, 0) is 42.9 Å². The molecule has 1 aliphatic carbocycles. The molecular weight excluding hydrogens is 277 g/mol. The van der Waals surface area contributed by atoms with Gasteiger partial charge in [-0.25, -0.2) is 4.39 Å². The Kier molecular flexibility index (Phi) is 6.71. The Morgan fingerprint density at radius 1 is 1.18 bits per heavy atom. The molecule has 0 atom stereocenters. The highest BCUT2D eigenvalue weighted by molar-refractivity contribution is 5.35. The molecule has 1 aliphatic rings. The van der Waals surface area contributed by atoms with E-state index in [1.807, 2.05) is 6.07 Å². The van der Waals surface area contributed by atoms with E-state index in [9.17, 15) is 4.39 Å². The minimum atomic E-state index is -0.445. The molecule has 1 aromatic carbocycles. The molecule has 1 fully saturated rings. The molecule has 0 radical (unpaired) electrons. The first-order valence-corrected chi connectivity index (χ1v) is 8.55. The summed E-state index contributed by atoms with van der Waals surface area (Å²) < 4.78 is 19.2. The van der Waals surface area contributed by atoms with E-state index < -0.39 is 5.82 Å². The molecule has 0 unspecified atom stereocenters. The molecule has 22 heavy (non-hydrogen) atoms. The van der Waals surface area contributed by atoms with Crippen LogP contribution in [-0.4, -0.2) is 6.61 Å². The van der Waals surface area contributed by atoms with E-state index in [1.54, 1.807) is 12.1 Å². The van der Waals surface area contributed by atoms with Gasteiger partial charge in [-0.2, -0.15) is 5.26 Å². The van der Waals surface area contributed by atoms with Gasteiger partial charge >= 0.3 is 0 Å². The van der Waals surface area contributed by atoms with Gasteiger partial charge in [0, 0.05) is 0 Å². The van der Waals surface area contributed by atoms with Crippen molar-refractivity contribution in [1.82, 2.24) is 0 Å². The van der Waals surface area contributed by atoms with Gasteiger partial charge in [0.1, 0.15) is 0 Å². The molecule has 2 rings (SSSR count). The lowest BCUT2D eigenvalue weighted by Crippen LogP contribution is -2.15. The first-order valence-electron chi connectivity index (χ1n) is 8.55. The van der Waals surface area contributed by atoms with Gasteiger partial charge in [-0.1, -0.05) is 45.4 Å². The zero-order chi connectivity index (χ0) is 15.8. The molecule has 2 nitrogen and oxygen atoms in total. The smallest absolute Gasteiger partial charge is 0.166 e. The van der Waals surface area contributed by atoms with Gasteiger partial charge < -0.3 is 4.74 Å². The summed E-state index contributed by atoms with van der Waals surface area (Å²) in [7, 11) is 0. The highest BCUT2D eigenvalue weighted by Gasteiger charge is 2.20. The van der Waals surface area contributed by atoms with E-state index in [-0.39, 0.29) is 5.75 Å². The van der Waals surface area contributed by atoms with Gasteiger partial charge in [-0.3, -0.25) is 0 Å². The number of rotatable bonds is 7. The highest BCUT2D eigenvalue weighted by atomic mass is 19.1. The quantitative estimate of drug-likeness (QED) is 0.626. The lowest BCUT2D eigenvalue weighted by Gasteiger charge is -2.28. The minimum absolute atomic E-state index is 0.255. The number of nitrogens with zero attached hydrogens (tertiary/aromatic N) is 1. The molecule has 1 saturated carbocycles. The van der Waals surface area contributed by atoms with Crippen LogP contribution < -0.4 is 4.74 Å². The molecule has 0 heterocycles. The second kappa shape index (κ2) is 8.78. The third-order valence-corrected chi connectivity index (χ3v) is 4.74. The maximum absolute atomic E-state index is 13.7. The van der Waals surface area contributed by atoms with Crippen molar-refractivity contribution in [2.75, 3.05) is 6.61 Å². The Bertz CT molecular complexity index is 501. The Labute approximate surface area is 133 Å². The standard InChI is InChI=1S/C19H26FNO/c1-2-4-15-6-8-16(9-7-15)5-3-12-22-19-11-10-17(14-21)13-18(19)20/h10-11,13,15-16H,2-9,12H2,1H3. The largest absolute Gasteiger partial charge is 0.491 e. The topological polar surface area (TPSA) is 33.0 Å². The lowest BCUT2D eigenvalue weighted by molar-refractivity contribution is 0.227. The van der Waals surface area contributed by atoms with E-state index in [4.69, 9.17) is 10.00 Å². The average Bonchev–Trinajstić information content (AvgIpc) is 2.54. The number of hydrogen-bond acceptors (Lipinski definition) is 2. The van der Waals surface area contributed by atoms with Crippen molar-refractivity contribution in [3.05, 3.63) is 29.6 Å². The molecule has 0 saturated heterocycles. The third kappa shape index (κ3) is 5.02. The van der Waals surface area contributed by atoms with Crippen molar-refractivity contribution in [1.29, 1.82) is 5.26 Å². The normalized spacial score (nSPS) is 21.3. The molecule has 1 aromatic rings. The SMILES string of the molecule is CCCC1CCC(CCCOc2ccc(C#N)cc2F)CC1. The summed E-state index contributed by atoms with van der Waals surface area (Å²) in [5.74, 6) is 1.58. The predicted octanol–water partition coefficient (Wildman–Crippen LogP) is 5.46. The van der Waals surface area contributed by atoms with Crippen LogP contribution in [0.3, 0.4) is 0 Å². The highest BCUT2D eigenvalue weighted by Crippen LogP contribution is 2.33. The molecule has 0 aliphatic heterocycles. The van der Waals surface area contributed by atoms with Crippen molar-refractivity contribution >= 4 is 0 Å². The fourth-order valence-electron chi connectivity index (χ4n) is 3.46. The van der Waals surface area contributed by atoms with Crippen LogP contribution in [0.15, 0.2) is 18.2 Å². The first kappa shape index (κ1) is 16.8. The lowest BCUT2D eigenvalue weighted by atomic mass is 9.78. The number of hydrogen-bond donors (Lipinski definition) is 0. The molecule has 0 bridgehead atoms. The van der Waals surface area contributed by atoms with Crippen LogP contribution in [0, 0.1) is 29.0 Å². The van der Waals surface area contributed by atoms with E-state index in [0.717, 1.165) is 18.3 Å². The van der Waals surface area contributed by atoms with Crippen molar-refractivity contribution in [3.63, 3.8) is 0 Å². The van der Waals surface area contributed by atoms with Crippen molar-refractivity contribution in [2.24, 2.45) is 11.8 Å². The zero-order valence-electron chi connectivity index (χ0n) is 13.5. The Morgan fingerprint density at radius 2 is 1.86 bits per heavy atom. The van der Waals surface area contributed by atoms with E-state index >= 15 is 0 Å². The second-order valence-electron chi connectivity index (χ2n) is 6.42. The molecule has 0 amide bonds. The van der Waals surface area contributed by atoms with Crippen LogP contribution in [-0.2, 0) is 0 Å². The minimum Gasteiger partial charge on any atom is -0.491 e. The fourth-order valence-corrected chi connectivity index (χ4v) is 3.46. The summed E-state index contributed by atoms with van der Waals surface area (Å²) in [5.41, 5.74) is 0.327. The summed E-state index contributed by atoms with van der Waals surface area (Å²) in [5, 5.41) is 8.71. The van der Waals surface area contributed by atoms with Gasteiger partial charge in [0.15, 0.2) is 11.6 Å². The zero-order valence-corrected chi connectivity index (χ0v) is 13.5. The van der Waals surface area contributed by atoms with Crippen LogP contribution in [0.25, 0.3) is 0 Å². The summed E-state index contributed by atoms with van der Waals surface area (Å²) in [6.45, 7) is 2.82. The predicted molar refractivity (Wildman–Crippen MR) is 86.2 cm³/mol. The molecular formula is C19H26FNO. The van der Waals surface area contributed by atoms with Crippen molar-refractivity contribution in [2.45, 2.75) is 58.3 Å². The Hall–Kier alpha value is -1.56. The van der Waals surface area contributed by atoms with Gasteiger partial charge in [0.25, 0.3) is 0 Å². The summed E-state index contributed by atoms with van der Waals surface area (Å²) in [6, 6.07) is 6.28. The summed E-state index contributed by atoms with van der Waals surface area (Å²) in [6.07, 6.45) is 10.3. The Morgan fingerprint density at radius 3 is 2.45 bits per heavy atom. The molecule has 0 N–H and O–H groups in total. The van der Waals surface area contributed by atoms with Gasteiger partial charge in [0.05, 0.1) is 18.2 Å². The van der Waals surface area contributed by atoms with Crippen LogP contribution in [0.1, 0.15) is 63.9 Å². The number of ether oxygens (including phenoxy) is 1. The van der Waals surface area contributed by atoms with Crippen LogP contribution in [0.5, 0.6) is 5.75 Å². The van der Waals surface area contributed by atoms with E-state index in [1.165, 1.54) is 51.0 Å². The molecule has 0 spiro atoms. The molecule has 3 heteroatoms. The maximum atomic E-state index is 13.7. The van der Waals surface area contributed by atoms with Crippen LogP contribution >= 0.6 is 0 Å². The van der Waals surface area contributed by atoms with Gasteiger partial charge in [-0.15, -0.1) is 0 Å². The summed E-state index contributed by atoms with van der Waals surface area (Å²) in [4.78, 5) is 0. The van der Waals surface area contributed by atoms with Crippen molar-refractivity contribution in [3.8, 4) is 11.8 Å². The molecule has 120 valence electrons. The average molecular weight is 303 g/mol. The number of benzene rings is 1. The number of halogens is 1. The first-order chi connectivity index (χ1) is 10.7. The maximum Gasteiger partial charge on any atom is 0.166 e. The number of nitriles is 1. The van der Waals surface area contributed by atoms with Crippen LogP contribution in [0.2, 0.25) is 0 Å². The summed E-state index contributed by atoms with van der Waals surface area (Å²) >= 11 is 0. The Balaban J connectivity index is 1.65. The second-order valence-corrected chi connectivity index (χ2v) is 6.42.